The predicted molar refractivity (Wildman–Crippen MR) is 77.9 cm³/mol. The highest BCUT2D eigenvalue weighted by Gasteiger charge is 2.18. The quantitative estimate of drug-likeness (QED) is 0.486. The van der Waals surface area contributed by atoms with Crippen LogP contribution in [0.4, 0.5) is 11.5 Å². The summed E-state index contributed by atoms with van der Waals surface area (Å²) < 4.78 is 1.57. The molecule has 0 aliphatic heterocycles. The molecule has 110 valence electrons. The summed E-state index contributed by atoms with van der Waals surface area (Å²) >= 11 is 3.03. The van der Waals surface area contributed by atoms with E-state index in [9.17, 15) is 20.0 Å². The van der Waals surface area contributed by atoms with E-state index >= 15 is 0 Å². The Morgan fingerprint density at radius 1 is 1.48 bits per heavy atom. The van der Waals surface area contributed by atoms with Gasteiger partial charge >= 0.3 is 5.82 Å². The summed E-state index contributed by atoms with van der Waals surface area (Å²) in [5.74, 6) is -0.648. The maximum atomic E-state index is 11.8. The molecule has 1 heterocycles. The first-order valence-electron chi connectivity index (χ1n) is 5.92. The van der Waals surface area contributed by atoms with E-state index in [1.54, 1.807) is 18.2 Å². The van der Waals surface area contributed by atoms with Gasteiger partial charge in [-0.15, -0.1) is 0 Å². The van der Waals surface area contributed by atoms with Crippen molar-refractivity contribution < 1.29 is 14.8 Å². The number of nitro groups is 1. The maximum Gasteiger partial charge on any atom is 0.404 e. The Morgan fingerprint density at radius 3 is 2.81 bits per heavy atom. The van der Waals surface area contributed by atoms with Gasteiger partial charge in [-0.3, -0.25) is 4.79 Å². The number of anilines is 1. The van der Waals surface area contributed by atoms with Crippen molar-refractivity contribution in [1.29, 1.82) is 0 Å². The van der Waals surface area contributed by atoms with Crippen molar-refractivity contribution in [2.24, 2.45) is 0 Å². The molecule has 0 saturated heterocycles. The molecule has 1 amide bonds. The molecule has 0 aliphatic carbocycles. The van der Waals surface area contributed by atoms with Gasteiger partial charge in [0.15, 0.2) is 0 Å². The summed E-state index contributed by atoms with van der Waals surface area (Å²) in [4.78, 5) is 21.8. The van der Waals surface area contributed by atoms with E-state index in [1.807, 2.05) is 0 Å². The molecule has 0 radical (unpaired) electrons. The van der Waals surface area contributed by atoms with Gasteiger partial charge < -0.3 is 20.5 Å². The van der Waals surface area contributed by atoms with Gasteiger partial charge in [-0.1, -0.05) is 12.1 Å². The molecule has 21 heavy (non-hydrogen) atoms. The number of para-hydroxylation sites is 2. The summed E-state index contributed by atoms with van der Waals surface area (Å²) in [6, 6.07) is 6.36. The second-order valence-electron chi connectivity index (χ2n) is 4.14. The molecule has 0 spiro atoms. The third kappa shape index (κ3) is 3.78. The number of hydrogen-bond acceptors (Lipinski definition) is 5. The Kier molecular flexibility index (Phi) is 4.53. The van der Waals surface area contributed by atoms with Crippen molar-refractivity contribution in [3.8, 4) is 5.75 Å². The normalized spacial score (nSPS) is 10.3. The summed E-state index contributed by atoms with van der Waals surface area (Å²) in [6.07, 6.45) is 1.50. The van der Waals surface area contributed by atoms with Gasteiger partial charge in [0.25, 0.3) is 0 Å². The smallest absolute Gasteiger partial charge is 0.404 e. The second kappa shape index (κ2) is 6.35. The van der Waals surface area contributed by atoms with Crippen molar-refractivity contribution in [3.63, 3.8) is 0 Å². The summed E-state index contributed by atoms with van der Waals surface area (Å²) in [6.45, 7) is 0.186. The topological polar surface area (TPSA) is 110 Å². The zero-order valence-corrected chi connectivity index (χ0v) is 12.3. The standard InChI is InChI=1S/C12H11BrN4O4/c13-8-7-16(15-12(8)17(20)21)6-5-11(19)14-9-3-1-2-4-10(9)18/h1-4,7,18H,5-6H2,(H,14,19). The number of amides is 1. The molecule has 0 unspecified atom stereocenters. The fourth-order valence-corrected chi connectivity index (χ4v) is 2.09. The molecule has 2 rings (SSSR count). The van der Waals surface area contributed by atoms with Crippen molar-refractivity contribution in [3.05, 3.63) is 45.0 Å². The molecule has 1 aromatic carbocycles. The lowest BCUT2D eigenvalue weighted by Gasteiger charge is -2.06. The van der Waals surface area contributed by atoms with Crippen molar-refractivity contribution in [2.45, 2.75) is 13.0 Å². The molecule has 2 aromatic rings. The number of phenolic OH excluding ortho intramolecular Hbond substituents is 1. The number of benzene rings is 1. The van der Waals surface area contributed by atoms with Gasteiger partial charge in [0.05, 0.1) is 23.5 Å². The molecule has 0 aliphatic rings. The maximum absolute atomic E-state index is 11.8. The minimum absolute atomic E-state index is 0.0247. The molecule has 8 nitrogen and oxygen atoms in total. The largest absolute Gasteiger partial charge is 0.506 e. The molecule has 0 fully saturated rings. The lowest BCUT2D eigenvalue weighted by molar-refractivity contribution is -0.390. The number of aryl methyl sites for hydroxylation is 1. The van der Waals surface area contributed by atoms with E-state index in [0.717, 1.165) is 0 Å². The molecule has 2 N–H and O–H groups in total. The SMILES string of the molecule is O=C(CCn1cc(Br)c([N+](=O)[O-])n1)Nc1ccccc1O. The first-order valence-corrected chi connectivity index (χ1v) is 6.72. The third-order valence-electron chi connectivity index (χ3n) is 2.62. The number of carbonyl (C=O) groups excluding carboxylic acids is 1. The Bertz CT molecular complexity index is 686. The molecule has 0 bridgehead atoms. The van der Waals surface area contributed by atoms with E-state index in [1.165, 1.54) is 16.9 Å². The summed E-state index contributed by atoms with van der Waals surface area (Å²) in [7, 11) is 0. The van der Waals surface area contributed by atoms with Crippen LogP contribution < -0.4 is 5.32 Å². The molecule has 1 aromatic heterocycles. The number of nitrogens with zero attached hydrogens (tertiary/aromatic N) is 3. The molecular formula is C12H11BrN4O4. The monoisotopic (exact) mass is 354 g/mol. The molecule has 0 saturated carbocycles. The van der Waals surface area contributed by atoms with Gasteiger partial charge in [-0.25, -0.2) is 0 Å². The molecule has 9 heteroatoms. The van der Waals surface area contributed by atoms with Gasteiger partial charge in [0.1, 0.15) is 10.2 Å². The number of carbonyl (C=O) groups is 1. The minimum Gasteiger partial charge on any atom is -0.506 e. The van der Waals surface area contributed by atoms with Gasteiger partial charge in [-0.2, -0.15) is 4.68 Å². The Labute approximate surface area is 127 Å². The molecular weight excluding hydrogens is 344 g/mol. The van der Waals surface area contributed by atoms with Gasteiger partial charge in [0.2, 0.25) is 5.91 Å². The number of phenols is 1. The summed E-state index contributed by atoms with van der Waals surface area (Å²) in [5.41, 5.74) is 0.315. The number of aromatic hydroxyl groups is 1. The van der Waals surface area contributed by atoms with Crippen LogP contribution in [0.15, 0.2) is 34.9 Å². The minimum atomic E-state index is -0.608. The number of rotatable bonds is 5. The van der Waals surface area contributed by atoms with Crippen LogP contribution in [0, 0.1) is 10.1 Å². The third-order valence-corrected chi connectivity index (χ3v) is 3.18. The average molecular weight is 355 g/mol. The van der Waals surface area contributed by atoms with E-state index in [2.05, 4.69) is 26.3 Å². The fourth-order valence-electron chi connectivity index (χ4n) is 1.63. The number of nitrogens with one attached hydrogen (secondary N) is 1. The van der Waals surface area contributed by atoms with Crippen molar-refractivity contribution in [1.82, 2.24) is 9.78 Å². The Hall–Kier alpha value is -2.42. The predicted octanol–water partition coefficient (Wildman–Crippen LogP) is 2.29. The lowest BCUT2D eigenvalue weighted by atomic mass is 10.3. The highest BCUT2D eigenvalue weighted by atomic mass is 79.9. The van der Waals surface area contributed by atoms with Crippen LogP contribution in [0.2, 0.25) is 0 Å². The van der Waals surface area contributed by atoms with Crippen LogP contribution >= 0.6 is 15.9 Å². The fraction of sp³-hybridized carbons (Fsp3) is 0.167. The number of halogens is 1. The second-order valence-corrected chi connectivity index (χ2v) is 4.99. The molecule has 0 atom stereocenters. The van der Waals surface area contributed by atoms with Crippen molar-refractivity contribution in [2.75, 3.05) is 5.32 Å². The number of hydrogen-bond donors (Lipinski definition) is 2. The van der Waals surface area contributed by atoms with Crippen LogP contribution in [0.5, 0.6) is 5.75 Å². The lowest BCUT2D eigenvalue weighted by Crippen LogP contribution is -2.14. The first kappa shape index (κ1) is 15.0. The average Bonchev–Trinajstić information content (AvgIpc) is 2.80. The van der Waals surface area contributed by atoms with E-state index in [0.29, 0.717) is 5.69 Å². The van der Waals surface area contributed by atoms with Crippen LogP contribution in [0.25, 0.3) is 0 Å². The Balaban J connectivity index is 1.94. The highest BCUT2D eigenvalue weighted by Crippen LogP contribution is 2.23. The van der Waals surface area contributed by atoms with Crippen molar-refractivity contribution >= 4 is 33.3 Å². The van der Waals surface area contributed by atoms with E-state index < -0.39 is 4.92 Å². The van der Waals surface area contributed by atoms with E-state index in [-0.39, 0.29) is 34.9 Å². The number of aromatic nitrogens is 2. The zero-order valence-electron chi connectivity index (χ0n) is 10.7. The first-order chi connectivity index (χ1) is 9.97. The summed E-state index contributed by atoms with van der Waals surface area (Å²) in [5, 5.41) is 26.5. The van der Waals surface area contributed by atoms with Gasteiger partial charge in [-0.05, 0) is 33.0 Å². The van der Waals surface area contributed by atoms with Crippen LogP contribution in [0.1, 0.15) is 6.42 Å². The highest BCUT2D eigenvalue weighted by molar-refractivity contribution is 9.10. The van der Waals surface area contributed by atoms with E-state index in [4.69, 9.17) is 0 Å². The Morgan fingerprint density at radius 2 is 2.19 bits per heavy atom. The zero-order chi connectivity index (χ0) is 15.4. The van der Waals surface area contributed by atoms with Crippen LogP contribution in [-0.4, -0.2) is 25.7 Å². The van der Waals surface area contributed by atoms with Crippen LogP contribution in [-0.2, 0) is 11.3 Å². The van der Waals surface area contributed by atoms with Crippen LogP contribution in [0.3, 0.4) is 0 Å². The van der Waals surface area contributed by atoms with Gasteiger partial charge in [0, 0.05) is 6.42 Å².